The average Bonchev–Trinajstić information content (AvgIpc) is 3.79. The monoisotopic (exact) mass is 538 g/mol. The van der Waals surface area contributed by atoms with Crippen molar-refractivity contribution in [2.24, 2.45) is 0 Å². The highest BCUT2D eigenvalue weighted by atomic mass is 16.1. The average molecular weight is 539 g/mol. The molecule has 2 fully saturated rings. The summed E-state index contributed by atoms with van der Waals surface area (Å²) < 4.78 is 2.22. The second-order valence-electron chi connectivity index (χ2n) is 10.7. The standard InChI is InChI=1S/C29H34N10O/c1-2-37-11-13-38(14-12-37)26-17-25-24(16-22(26)27(40)32-20-8-7-19-18-31-36-23(19)15-20)33-28(34-25)35-29-30-9-10-39(29)21-5-3-4-6-21/h7-10,15-18,21H,2-6,11-14H2,1H3,(H,31,36)(H,32,40)(H2,30,33,34,35). The number of nitrogens with one attached hydrogen (secondary N) is 4. The molecule has 0 bridgehead atoms. The van der Waals surface area contributed by atoms with Crippen LogP contribution in [0.1, 0.15) is 49.0 Å². The predicted octanol–water partition coefficient (Wildman–Crippen LogP) is 4.89. The van der Waals surface area contributed by atoms with Crippen molar-refractivity contribution in [2.45, 2.75) is 38.6 Å². The first-order chi connectivity index (χ1) is 19.6. The van der Waals surface area contributed by atoms with Crippen LogP contribution in [0.4, 0.5) is 23.3 Å². The lowest BCUT2D eigenvalue weighted by Gasteiger charge is -2.36. The molecule has 11 heteroatoms. The number of aromatic amines is 2. The molecule has 1 saturated carbocycles. The number of aromatic nitrogens is 6. The number of hydrogen-bond acceptors (Lipinski definition) is 7. The maximum Gasteiger partial charge on any atom is 0.257 e. The molecule has 7 rings (SSSR count). The van der Waals surface area contributed by atoms with Gasteiger partial charge in [0.1, 0.15) is 0 Å². The van der Waals surface area contributed by atoms with E-state index in [1.165, 1.54) is 25.7 Å². The van der Waals surface area contributed by atoms with E-state index < -0.39 is 0 Å². The molecular formula is C29H34N10O. The van der Waals surface area contributed by atoms with Gasteiger partial charge in [0.2, 0.25) is 11.9 Å². The van der Waals surface area contributed by atoms with Crippen LogP contribution in [0.25, 0.3) is 21.9 Å². The first kappa shape index (κ1) is 24.6. The molecule has 4 N–H and O–H groups in total. The van der Waals surface area contributed by atoms with Crippen molar-refractivity contribution in [2.75, 3.05) is 48.3 Å². The van der Waals surface area contributed by atoms with Gasteiger partial charge in [0.25, 0.3) is 5.91 Å². The Morgan fingerprint density at radius 3 is 2.75 bits per heavy atom. The fourth-order valence-corrected chi connectivity index (χ4v) is 6.06. The normalized spacial score (nSPS) is 16.8. The summed E-state index contributed by atoms with van der Waals surface area (Å²) in [6.07, 6.45) is 10.5. The molecule has 0 radical (unpaired) electrons. The summed E-state index contributed by atoms with van der Waals surface area (Å²) in [5.74, 6) is 1.24. The molecule has 1 amide bonds. The second kappa shape index (κ2) is 10.3. The van der Waals surface area contributed by atoms with Gasteiger partial charge in [0.05, 0.1) is 34.0 Å². The van der Waals surface area contributed by atoms with Crippen molar-refractivity contribution in [3.63, 3.8) is 0 Å². The van der Waals surface area contributed by atoms with Gasteiger partial charge in [0, 0.05) is 55.7 Å². The van der Waals surface area contributed by atoms with E-state index in [1.807, 2.05) is 42.7 Å². The van der Waals surface area contributed by atoms with Crippen molar-refractivity contribution >= 4 is 51.1 Å². The number of piperazine rings is 1. The smallest absolute Gasteiger partial charge is 0.257 e. The Morgan fingerprint density at radius 1 is 1.07 bits per heavy atom. The van der Waals surface area contributed by atoms with Crippen molar-refractivity contribution in [1.29, 1.82) is 0 Å². The van der Waals surface area contributed by atoms with E-state index in [0.29, 0.717) is 23.2 Å². The molecule has 1 saturated heterocycles. The third kappa shape index (κ3) is 4.66. The number of imidazole rings is 2. The molecule has 11 nitrogen and oxygen atoms in total. The van der Waals surface area contributed by atoms with Gasteiger partial charge in [0.15, 0.2) is 0 Å². The summed E-state index contributed by atoms with van der Waals surface area (Å²) >= 11 is 0. The number of carbonyl (C=O) groups excluding carboxylic acids is 1. The van der Waals surface area contributed by atoms with Crippen LogP contribution in [0.5, 0.6) is 0 Å². The molecule has 0 atom stereocenters. The zero-order chi connectivity index (χ0) is 27.1. The van der Waals surface area contributed by atoms with E-state index >= 15 is 0 Å². The summed E-state index contributed by atoms with van der Waals surface area (Å²) in [5.41, 5.74) is 4.72. The Morgan fingerprint density at radius 2 is 1.93 bits per heavy atom. The molecule has 4 heterocycles. The summed E-state index contributed by atoms with van der Waals surface area (Å²) in [4.78, 5) is 31.2. The van der Waals surface area contributed by atoms with E-state index in [-0.39, 0.29) is 5.91 Å². The van der Waals surface area contributed by atoms with E-state index in [9.17, 15) is 4.79 Å². The van der Waals surface area contributed by atoms with Crippen molar-refractivity contribution < 1.29 is 4.79 Å². The van der Waals surface area contributed by atoms with E-state index in [2.05, 4.69) is 52.1 Å². The Balaban J connectivity index is 1.21. The number of nitrogens with zero attached hydrogens (tertiary/aromatic N) is 6. The first-order valence-corrected chi connectivity index (χ1v) is 14.2. The number of amides is 1. The molecule has 0 spiro atoms. The minimum absolute atomic E-state index is 0.158. The van der Waals surface area contributed by atoms with Crippen molar-refractivity contribution in [3.8, 4) is 0 Å². The molecule has 1 aliphatic heterocycles. The fraction of sp³-hybridized carbons (Fsp3) is 0.379. The molecule has 3 aromatic heterocycles. The van der Waals surface area contributed by atoms with Gasteiger partial charge in [-0.25, -0.2) is 9.97 Å². The van der Waals surface area contributed by atoms with Crippen molar-refractivity contribution in [3.05, 3.63) is 54.5 Å². The summed E-state index contributed by atoms with van der Waals surface area (Å²) in [7, 11) is 0. The Hall–Kier alpha value is -4.38. The summed E-state index contributed by atoms with van der Waals surface area (Å²) in [5, 5.41) is 14.5. The minimum atomic E-state index is -0.158. The van der Waals surface area contributed by atoms with E-state index in [1.54, 1.807) is 6.20 Å². The molecule has 5 aromatic rings. The van der Waals surface area contributed by atoms with Crippen LogP contribution in [-0.4, -0.2) is 73.2 Å². The topological polar surface area (TPSA) is 123 Å². The van der Waals surface area contributed by atoms with Gasteiger partial charge in [-0.05, 0) is 49.7 Å². The van der Waals surface area contributed by atoms with Gasteiger partial charge < -0.3 is 24.7 Å². The van der Waals surface area contributed by atoms with Gasteiger partial charge >= 0.3 is 0 Å². The number of hydrogen-bond donors (Lipinski definition) is 4. The van der Waals surface area contributed by atoms with Crippen LogP contribution in [0.3, 0.4) is 0 Å². The van der Waals surface area contributed by atoms with Gasteiger partial charge in [-0.1, -0.05) is 19.8 Å². The highest BCUT2D eigenvalue weighted by molar-refractivity contribution is 6.11. The van der Waals surface area contributed by atoms with Crippen LogP contribution in [0, 0.1) is 0 Å². The SMILES string of the molecule is CCN1CCN(c2cc3nc(Nc4nccn4C4CCCC4)[nH]c3cc2C(=O)Nc2ccc3cn[nH]c3c2)CC1. The Labute approximate surface area is 232 Å². The Kier molecular flexibility index (Phi) is 6.35. The second-order valence-corrected chi connectivity index (χ2v) is 10.7. The molecule has 206 valence electrons. The molecule has 1 aliphatic carbocycles. The molecule has 0 unspecified atom stereocenters. The van der Waals surface area contributed by atoms with Crippen molar-refractivity contribution in [1.82, 2.24) is 34.6 Å². The molecular weight excluding hydrogens is 504 g/mol. The third-order valence-electron chi connectivity index (χ3n) is 8.32. The lowest BCUT2D eigenvalue weighted by atomic mass is 10.1. The predicted molar refractivity (Wildman–Crippen MR) is 157 cm³/mol. The quantitative estimate of drug-likeness (QED) is 0.233. The Bertz CT molecular complexity index is 1650. The molecule has 2 aliphatic rings. The lowest BCUT2D eigenvalue weighted by molar-refractivity contribution is 0.102. The summed E-state index contributed by atoms with van der Waals surface area (Å²) in [6, 6.07) is 10.2. The molecule has 40 heavy (non-hydrogen) atoms. The zero-order valence-electron chi connectivity index (χ0n) is 22.7. The largest absolute Gasteiger partial charge is 0.368 e. The lowest BCUT2D eigenvalue weighted by Crippen LogP contribution is -2.46. The number of anilines is 4. The van der Waals surface area contributed by atoms with Crippen LogP contribution in [-0.2, 0) is 0 Å². The molecule has 2 aromatic carbocycles. The third-order valence-corrected chi connectivity index (χ3v) is 8.32. The maximum atomic E-state index is 13.7. The first-order valence-electron chi connectivity index (χ1n) is 14.2. The van der Waals surface area contributed by atoms with Gasteiger partial charge in [-0.15, -0.1) is 0 Å². The van der Waals surface area contributed by atoms with Crippen LogP contribution < -0.4 is 15.5 Å². The van der Waals surface area contributed by atoms with Crippen LogP contribution >= 0.6 is 0 Å². The van der Waals surface area contributed by atoms with Crippen LogP contribution in [0.15, 0.2) is 48.9 Å². The maximum absolute atomic E-state index is 13.7. The number of rotatable bonds is 7. The number of H-pyrrole nitrogens is 2. The van der Waals surface area contributed by atoms with E-state index in [4.69, 9.17) is 4.98 Å². The fourth-order valence-electron chi connectivity index (χ4n) is 6.06. The van der Waals surface area contributed by atoms with E-state index in [0.717, 1.165) is 66.3 Å². The number of likely N-dealkylation sites (N-methyl/N-ethyl adjacent to an activating group) is 1. The van der Waals surface area contributed by atoms with Crippen LogP contribution in [0.2, 0.25) is 0 Å². The highest BCUT2D eigenvalue weighted by Gasteiger charge is 2.24. The summed E-state index contributed by atoms with van der Waals surface area (Å²) in [6.45, 7) is 6.85. The zero-order valence-corrected chi connectivity index (χ0v) is 22.7. The van der Waals surface area contributed by atoms with Gasteiger partial charge in [-0.2, -0.15) is 5.10 Å². The minimum Gasteiger partial charge on any atom is -0.368 e. The highest BCUT2D eigenvalue weighted by Crippen LogP contribution is 2.33. The number of benzene rings is 2. The van der Waals surface area contributed by atoms with Gasteiger partial charge in [-0.3, -0.25) is 15.2 Å². The number of carbonyl (C=O) groups is 1. The number of fused-ring (bicyclic) bond motifs is 2.